The Labute approximate surface area is 83.9 Å². The summed E-state index contributed by atoms with van der Waals surface area (Å²) in [5.74, 6) is 0. The van der Waals surface area contributed by atoms with Crippen molar-refractivity contribution in [2.75, 3.05) is 0 Å². The Morgan fingerprint density at radius 3 is 3.00 bits per heavy atom. The van der Waals surface area contributed by atoms with E-state index < -0.39 is 0 Å². The summed E-state index contributed by atoms with van der Waals surface area (Å²) in [7, 11) is 0. The smallest absolute Gasteiger partial charge is 0.0688 e. The van der Waals surface area contributed by atoms with Gasteiger partial charge in [-0.1, -0.05) is 24.3 Å². The molecule has 2 aromatic rings. The minimum atomic E-state index is 0.799. The molecule has 0 aliphatic rings. The van der Waals surface area contributed by atoms with Gasteiger partial charge in [0.15, 0.2) is 0 Å². The van der Waals surface area contributed by atoms with Crippen LogP contribution in [-0.4, -0.2) is 9.78 Å². The highest BCUT2D eigenvalue weighted by molar-refractivity contribution is 5.81. The Kier molecular flexibility index (Phi) is 2.12. The van der Waals surface area contributed by atoms with Gasteiger partial charge in [-0.3, -0.25) is 4.68 Å². The van der Waals surface area contributed by atoms with Gasteiger partial charge in [0.2, 0.25) is 0 Å². The number of rotatable bonds is 2. The maximum atomic E-state index is 4.35. The van der Waals surface area contributed by atoms with E-state index in [1.165, 1.54) is 16.5 Å². The van der Waals surface area contributed by atoms with Crippen LogP contribution in [0, 0.1) is 6.92 Å². The first kappa shape index (κ1) is 9.00. The number of nitrogens with zero attached hydrogens (tertiary/aromatic N) is 2. The predicted octanol–water partition coefficient (Wildman–Crippen LogP) is 2.92. The summed E-state index contributed by atoms with van der Waals surface area (Å²) in [5, 5.41) is 5.58. The molecule has 0 fully saturated rings. The normalized spacial score (nSPS) is 10.7. The molecule has 1 aromatic carbocycles. The SMILES string of the molecule is C=C(C)Cn1ncc2c(C)cccc21. The number of aryl methyl sites for hydroxylation is 1. The maximum Gasteiger partial charge on any atom is 0.0688 e. The molecule has 14 heavy (non-hydrogen) atoms. The Morgan fingerprint density at radius 2 is 2.29 bits per heavy atom. The summed E-state index contributed by atoms with van der Waals surface area (Å²) in [6, 6.07) is 6.27. The summed E-state index contributed by atoms with van der Waals surface area (Å²) < 4.78 is 1.99. The standard InChI is InChI=1S/C12H14N2/c1-9(2)8-14-12-6-4-5-10(3)11(12)7-13-14/h4-7H,1,8H2,2-3H3. The molecule has 0 bridgehead atoms. The van der Waals surface area contributed by atoms with Crippen molar-refractivity contribution >= 4 is 10.9 Å². The van der Waals surface area contributed by atoms with Gasteiger partial charge in [0.1, 0.15) is 0 Å². The quantitative estimate of drug-likeness (QED) is 0.659. The monoisotopic (exact) mass is 186 g/mol. The number of allylic oxidation sites excluding steroid dienone is 1. The lowest BCUT2D eigenvalue weighted by Crippen LogP contribution is -1.99. The van der Waals surface area contributed by atoms with E-state index in [2.05, 4.69) is 36.8 Å². The van der Waals surface area contributed by atoms with Gasteiger partial charge in [0, 0.05) is 5.39 Å². The number of fused-ring (bicyclic) bond motifs is 1. The Morgan fingerprint density at radius 1 is 1.50 bits per heavy atom. The van der Waals surface area contributed by atoms with Crippen molar-refractivity contribution in [2.24, 2.45) is 0 Å². The van der Waals surface area contributed by atoms with Crippen LogP contribution in [0.1, 0.15) is 12.5 Å². The second-order valence-corrected chi connectivity index (χ2v) is 3.77. The summed E-state index contributed by atoms with van der Waals surface area (Å²) in [6.07, 6.45) is 1.92. The van der Waals surface area contributed by atoms with E-state index in [9.17, 15) is 0 Å². The van der Waals surface area contributed by atoms with E-state index in [1.807, 2.05) is 17.8 Å². The Bertz CT molecular complexity index is 480. The molecule has 0 radical (unpaired) electrons. The second kappa shape index (κ2) is 3.29. The van der Waals surface area contributed by atoms with Gasteiger partial charge in [0.25, 0.3) is 0 Å². The van der Waals surface area contributed by atoms with Gasteiger partial charge in [-0.2, -0.15) is 5.10 Å². The van der Waals surface area contributed by atoms with Crippen molar-refractivity contribution in [2.45, 2.75) is 20.4 Å². The first-order valence-electron chi connectivity index (χ1n) is 4.74. The third-order valence-electron chi connectivity index (χ3n) is 2.33. The van der Waals surface area contributed by atoms with Crippen molar-refractivity contribution < 1.29 is 0 Å². The fourth-order valence-corrected chi connectivity index (χ4v) is 1.63. The number of aromatic nitrogens is 2. The summed E-state index contributed by atoms with van der Waals surface area (Å²) >= 11 is 0. The zero-order valence-corrected chi connectivity index (χ0v) is 8.62. The van der Waals surface area contributed by atoms with Crippen molar-refractivity contribution in [3.05, 3.63) is 42.1 Å². The summed E-state index contributed by atoms with van der Waals surface area (Å²) in [6.45, 7) is 8.82. The molecule has 0 saturated carbocycles. The first-order valence-corrected chi connectivity index (χ1v) is 4.74. The average molecular weight is 186 g/mol. The van der Waals surface area contributed by atoms with Crippen molar-refractivity contribution in [1.29, 1.82) is 0 Å². The van der Waals surface area contributed by atoms with E-state index in [1.54, 1.807) is 0 Å². The van der Waals surface area contributed by atoms with Crippen molar-refractivity contribution in [1.82, 2.24) is 9.78 Å². The number of benzene rings is 1. The zero-order valence-electron chi connectivity index (χ0n) is 8.62. The molecule has 72 valence electrons. The largest absolute Gasteiger partial charge is 0.261 e. The fourth-order valence-electron chi connectivity index (χ4n) is 1.63. The van der Waals surface area contributed by atoms with Crippen LogP contribution >= 0.6 is 0 Å². The number of hydrogen-bond donors (Lipinski definition) is 0. The van der Waals surface area contributed by atoms with Gasteiger partial charge in [-0.05, 0) is 25.5 Å². The Hall–Kier alpha value is -1.57. The van der Waals surface area contributed by atoms with Gasteiger partial charge >= 0.3 is 0 Å². The molecule has 2 rings (SSSR count). The molecule has 0 atom stereocenters. The fraction of sp³-hybridized carbons (Fsp3) is 0.250. The van der Waals surface area contributed by atoms with Gasteiger partial charge < -0.3 is 0 Å². The van der Waals surface area contributed by atoms with E-state index in [0.717, 1.165) is 12.1 Å². The Balaban J connectivity index is 2.58. The van der Waals surface area contributed by atoms with E-state index >= 15 is 0 Å². The highest BCUT2D eigenvalue weighted by Crippen LogP contribution is 2.17. The van der Waals surface area contributed by atoms with Crippen molar-refractivity contribution in [3.63, 3.8) is 0 Å². The lowest BCUT2D eigenvalue weighted by molar-refractivity contribution is 0.703. The van der Waals surface area contributed by atoms with Crippen molar-refractivity contribution in [3.8, 4) is 0 Å². The molecule has 2 heteroatoms. The minimum absolute atomic E-state index is 0.799. The number of hydrogen-bond acceptors (Lipinski definition) is 1. The lowest BCUT2D eigenvalue weighted by Gasteiger charge is -2.02. The third kappa shape index (κ3) is 1.43. The van der Waals surface area contributed by atoms with Crippen LogP contribution in [0.4, 0.5) is 0 Å². The molecule has 1 heterocycles. The molecule has 0 spiro atoms. The van der Waals surface area contributed by atoms with E-state index in [0.29, 0.717) is 0 Å². The first-order chi connectivity index (χ1) is 6.68. The molecule has 0 unspecified atom stereocenters. The van der Waals surface area contributed by atoms with Gasteiger partial charge in [0.05, 0.1) is 18.3 Å². The van der Waals surface area contributed by atoms with Crippen LogP contribution in [0.15, 0.2) is 36.5 Å². The van der Waals surface area contributed by atoms with Gasteiger partial charge in [-0.25, -0.2) is 0 Å². The maximum absolute atomic E-state index is 4.35. The van der Waals surface area contributed by atoms with Crippen LogP contribution in [0.3, 0.4) is 0 Å². The molecular weight excluding hydrogens is 172 g/mol. The highest BCUT2D eigenvalue weighted by Gasteiger charge is 2.03. The molecule has 1 aromatic heterocycles. The summed E-state index contributed by atoms with van der Waals surface area (Å²) in [5.41, 5.74) is 3.58. The predicted molar refractivity (Wildman–Crippen MR) is 59.3 cm³/mol. The third-order valence-corrected chi connectivity index (χ3v) is 2.33. The molecule has 0 amide bonds. The molecule has 0 N–H and O–H groups in total. The highest BCUT2D eigenvalue weighted by atomic mass is 15.3. The van der Waals surface area contributed by atoms with Crippen LogP contribution in [0.25, 0.3) is 10.9 Å². The van der Waals surface area contributed by atoms with Crippen LogP contribution < -0.4 is 0 Å². The molecule has 2 nitrogen and oxygen atoms in total. The topological polar surface area (TPSA) is 17.8 Å². The molecule has 0 aliphatic carbocycles. The van der Waals surface area contributed by atoms with Crippen LogP contribution in [-0.2, 0) is 6.54 Å². The summed E-state index contributed by atoms with van der Waals surface area (Å²) in [4.78, 5) is 0. The van der Waals surface area contributed by atoms with Crippen LogP contribution in [0.2, 0.25) is 0 Å². The van der Waals surface area contributed by atoms with Gasteiger partial charge in [-0.15, -0.1) is 0 Å². The molecule has 0 aliphatic heterocycles. The molecular formula is C12H14N2. The molecule has 0 saturated heterocycles. The minimum Gasteiger partial charge on any atom is -0.261 e. The lowest BCUT2D eigenvalue weighted by atomic mass is 10.1. The van der Waals surface area contributed by atoms with Crippen LogP contribution in [0.5, 0.6) is 0 Å². The van der Waals surface area contributed by atoms with E-state index in [4.69, 9.17) is 0 Å². The average Bonchev–Trinajstić information content (AvgIpc) is 2.49. The second-order valence-electron chi connectivity index (χ2n) is 3.77. The van der Waals surface area contributed by atoms with E-state index in [-0.39, 0.29) is 0 Å². The zero-order chi connectivity index (χ0) is 10.1.